The third-order valence-electron chi connectivity index (χ3n) is 3.50. The molecule has 0 saturated heterocycles. The van der Waals surface area contributed by atoms with Gasteiger partial charge in [-0.2, -0.15) is 5.10 Å². The number of nitrogens with zero attached hydrogens (tertiary/aromatic N) is 2. The van der Waals surface area contributed by atoms with Crippen molar-refractivity contribution < 1.29 is 18.7 Å². The molecule has 0 bridgehead atoms. The standard InChI is InChI=1S/C19H15N3O4/c1-25-19(24)14-6-4-13(5-7-14)17-9-8-16(26-17)12-21-22-18(23)15-3-2-10-20-11-15/h2-12H,1H3,(H,22,23)/b21-12-. The lowest BCUT2D eigenvalue weighted by molar-refractivity contribution is 0.0600. The van der Waals surface area contributed by atoms with Crippen LogP contribution in [-0.4, -0.2) is 30.2 Å². The molecule has 2 heterocycles. The first kappa shape index (κ1) is 17.1. The van der Waals surface area contributed by atoms with Crippen molar-refractivity contribution in [3.05, 3.63) is 77.8 Å². The van der Waals surface area contributed by atoms with Crippen LogP contribution in [0.5, 0.6) is 0 Å². The fourth-order valence-corrected chi connectivity index (χ4v) is 2.18. The van der Waals surface area contributed by atoms with Crippen LogP contribution in [0, 0.1) is 0 Å². The molecule has 3 aromatic rings. The van der Waals surface area contributed by atoms with E-state index in [-0.39, 0.29) is 5.91 Å². The molecule has 0 atom stereocenters. The lowest BCUT2D eigenvalue weighted by atomic mass is 10.1. The minimum Gasteiger partial charge on any atom is -0.465 e. The van der Waals surface area contributed by atoms with Gasteiger partial charge in [-0.05, 0) is 36.4 Å². The molecule has 0 fully saturated rings. The molecular weight excluding hydrogens is 334 g/mol. The van der Waals surface area contributed by atoms with Crippen LogP contribution in [0.4, 0.5) is 0 Å². The van der Waals surface area contributed by atoms with Crippen LogP contribution in [0.1, 0.15) is 26.5 Å². The molecule has 0 unspecified atom stereocenters. The number of ether oxygens (including phenoxy) is 1. The summed E-state index contributed by atoms with van der Waals surface area (Å²) in [6, 6.07) is 13.6. The Morgan fingerprint density at radius 1 is 1.12 bits per heavy atom. The van der Waals surface area contributed by atoms with Gasteiger partial charge < -0.3 is 9.15 Å². The van der Waals surface area contributed by atoms with E-state index in [1.165, 1.54) is 19.5 Å². The van der Waals surface area contributed by atoms with Crippen LogP contribution in [0.2, 0.25) is 0 Å². The molecule has 1 N–H and O–H groups in total. The monoisotopic (exact) mass is 349 g/mol. The van der Waals surface area contributed by atoms with Gasteiger partial charge >= 0.3 is 5.97 Å². The number of aromatic nitrogens is 1. The van der Waals surface area contributed by atoms with Crippen molar-refractivity contribution in [3.63, 3.8) is 0 Å². The second-order valence-electron chi connectivity index (χ2n) is 5.21. The number of amides is 1. The summed E-state index contributed by atoms with van der Waals surface area (Å²) >= 11 is 0. The number of furan rings is 1. The minimum absolute atomic E-state index is 0.362. The Morgan fingerprint density at radius 2 is 1.92 bits per heavy atom. The number of methoxy groups -OCH3 is 1. The molecule has 26 heavy (non-hydrogen) atoms. The maximum atomic E-state index is 11.8. The van der Waals surface area contributed by atoms with Gasteiger partial charge in [-0.15, -0.1) is 0 Å². The van der Waals surface area contributed by atoms with Crippen molar-refractivity contribution >= 4 is 18.1 Å². The molecule has 7 nitrogen and oxygen atoms in total. The molecule has 1 aromatic carbocycles. The maximum absolute atomic E-state index is 11.8. The molecule has 2 aromatic heterocycles. The van der Waals surface area contributed by atoms with E-state index < -0.39 is 5.97 Å². The predicted molar refractivity (Wildman–Crippen MR) is 94.8 cm³/mol. The van der Waals surface area contributed by atoms with Gasteiger partial charge in [-0.1, -0.05) is 12.1 Å². The van der Waals surface area contributed by atoms with E-state index in [4.69, 9.17) is 4.42 Å². The number of hydrogen-bond donors (Lipinski definition) is 1. The van der Waals surface area contributed by atoms with Gasteiger partial charge in [0.1, 0.15) is 11.5 Å². The zero-order valence-electron chi connectivity index (χ0n) is 13.9. The van der Waals surface area contributed by atoms with Crippen molar-refractivity contribution in [2.75, 3.05) is 7.11 Å². The lowest BCUT2D eigenvalue weighted by Crippen LogP contribution is -2.17. The van der Waals surface area contributed by atoms with Crippen molar-refractivity contribution in [3.8, 4) is 11.3 Å². The first-order valence-corrected chi connectivity index (χ1v) is 7.69. The lowest BCUT2D eigenvalue weighted by Gasteiger charge is -2.00. The predicted octanol–water partition coefficient (Wildman–Crippen LogP) is 2.89. The Balaban J connectivity index is 1.64. The van der Waals surface area contributed by atoms with E-state index >= 15 is 0 Å². The number of rotatable bonds is 5. The Hall–Kier alpha value is -3.74. The summed E-state index contributed by atoms with van der Waals surface area (Å²) in [4.78, 5) is 27.2. The molecule has 0 saturated carbocycles. The van der Waals surface area contributed by atoms with Crippen LogP contribution in [0.15, 0.2) is 70.4 Å². The van der Waals surface area contributed by atoms with Crippen molar-refractivity contribution in [2.24, 2.45) is 5.10 Å². The summed E-state index contributed by atoms with van der Waals surface area (Å²) in [5, 5.41) is 3.87. The van der Waals surface area contributed by atoms with E-state index in [0.29, 0.717) is 22.6 Å². The summed E-state index contributed by atoms with van der Waals surface area (Å²) in [6.07, 6.45) is 4.44. The molecule has 3 rings (SSSR count). The van der Waals surface area contributed by atoms with Gasteiger partial charge in [0.2, 0.25) is 0 Å². The third-order valence-corrected chi connectivity index (χ3v) is 3.50. The summed E-state index contributed by atoms with van der Waals surface area (Å²) in [5.74, 6) is 0.331. The maximum Gasteiger partial charge on any atom is 0.337 e. The summed E-state index contributed by atoms with van der Waals surface area (Å²) in [5.41, 5.74) is 4.08. The average molecular weight is 349 g/mol. The number of hydrogen-bond acceptors (Lipinski definition) is 6. The van der Waals surface area contributed by atoms with Crippen LogP contribution < -0.4 is 5.43 Å². The van der Waals surface area contributed by atoms with Crippen LogP contribution in [0.3, 0.4) is 0 Å². The fourth-order valence-electron chi connectivity index (χ4n) is 2.18. The quantitative estimate of drug-likeness (QED) is 0.434. The first-order valence-electron chi connectivity index (χ1n) is 7.69. The Kier molecular flexibility index (Phi) is 5.19. The molecule has 0 spiro atoms. The summed E-state index contributed by atoms with van der Waals surface area (Å²) < 4.78 is 10.3. The Morgan fingerprint density at radius 3 is 2.62 bits per heavy atom. The molecule has 0 aliphatic heterocycles. The van der Waals surface area contributed by atoms with Gasteiger partial charge in [-0.3, -0.25) is 9.78 Å². The zero-order valence-corrected chi connectivity index (χ0v) is 13.9. The van der Waals surface area contributed by atoms with E-state index in [9.17, 15) is 9.59 Å². The summed E-state index contributed by atoms with van der Waals surface area (Å²) in [6.45, 7) is 0. The Bertz CT molecular complexity index is 931. The SMILES string of the molecule is COC(=O)c1ccc(-c2ccc(/C=N\NC(=O)c3cccnc3)o2)cc1. The van der Waals surface area contributed by atoms with E-state index in [2.05, 4.69) is 20.2 Å². The van der Waals surface area contributed by atoms with Crippen LogP contribution >= 0.6 is 0 Å². The highest BCUT2D eigenvalue weighted by atomic mass is 16.5. The second-order valence-corrected chi connectivity index (χ2v) is 5.21. The zero-order chi connectivity index (χ0) is 18.4. The average Bonchev–Trinajstić information content (AvgIpc) is 3.17. The minimum atomic E-state index is -0.395. The molecule has 1 amide bonds. The Labute approximate surface area is 149 Å². The van der Waals surface area contributed by atoms with E-state index in [1.807, 2.05) is 0 Å². The number of carbonyl (C=O) groups is 2. The van der Waals surface area contributed by atoms with Crippen LogP contribution in [-0.2, 0) is 4.74 Å². The molecular formula is C19H15N3O4. The number of hydrazone groups is 1. The number of benzene rings is 1. The van der Waals surface area contributed by atoms with Crippen molar-refractivity contribution in [1.82, 2.24) is 10.4 Å². The number of esters is 1. The number of pyridine rings is 1. The first-order chi connectivity index (χ1) is 12.7. The van der Waals surface area contributed by atoms with E-state index in [0.717, 1.165) is 5.56 Å². The number of carbonyl (C=O) groups excluding carboxylic acids is 2. The van der Waals surface area contributed by atoms with Gasteiger partial charge in [0.05, 0.1) is 24.5 Å². The van der Waals surface area contributed by atoms with Crippen molar-refractivity contribution in [1.29, 1.82) is 0 Å². The fraction of sp³-hybridized carbons (Fsp3) is 0.0526. The van der Waals surface area contributed by atoms with Crippen LogP contribution in [0.25, 0.3) is 11.3 Å². The molecule has 0 aliphatic rings. The smallest absolute Gasteiger partial charge is 0.337 e. The normalized spacial score (nSPS) is 10.7. The third kappa shape index (κ3) is 4.02. The highest BCUT2D eigenvalue weighted by Crippen LogP contribution is 2.22. The highest BCUT2D eigenvalue weighted by molar-refractivity contribution is 5.94. The number of nitrogens with one attached hydrogen (secondary N) is 1. The largest absolute Gasteiger partial charge is 0.465 e. The summed E-state index contributed by atoms with van der Waals surface area (Å²) in [7, 11) is 1.33. The molecule has 130 valence electrons. The van der Waals surface area contributed by atoms with Gasteiger partial charge in [0, 0.05) is 18.0 Å². The topological polar surface area (TPSA) is 93.8 Å². The van der Waals surface area contributed by atoms with Gasteiger partial charge in [0.15, 0.2) is 0 Å². The van der Waals surface area contributed by atoms with E-state index in [1.54, 1.807) is 54.7 Å². The molecule has 0 aliphatic carbocycles. The van der Waals surface area contributed by atoms with Gasteiger partial charge in [0.25, 0.3) is 5.91 Å². The highest BCUT2D eigenvalue weighted by Gasteiger charge is 2.08. The van der Waals surface area contributed by atoms with Gasteiger partial charge in [-0.25, -0.2) is 10.2 Å². The second kappa shape index (κ2) is 7.89. The molecule has 7 heteroatoms. The van der Waals surface area contributed by atoms with Crippen molar-refractivity contribution in [2.45, 2.75) is 0 Å². The molecule has 0 radical (unpaired) electrons.